The molecule has 0 heterocycles. The van der Waals surface area contributed by atoms with Gasteiger partial charge in [0.15, 0.2) is 0 Å². The average molecular weight is 178 g/mol. The molecule has 0 saturated heterocycles. The number of hydrogen-bond acceptors (Lipinski definition) is 1. The average Bonchev–Trinajstić information content (AvgIpc) is 2.42. The highest BCUT2D eigenvalue weighted by atomic mass is 19.1. The smallest absolute Gasteiger partial charge is 0.150 e. The van der Waals surface area contributed by atoms with E-state index in [2.05, 4.69) is 0 Å². The monoisotopic (exact) mass is 178 g/mol. The van der Waals surface area contributed by atoms with Gasteiger partial charge in [-0.1, -0.05) is 12.1 Å². The summed E-state index contributed by atoms with van der Waals surface area (Å²) in [5, 5.41) is 0. The Bertz CT molecular complexity index is 355. The summed E-state index contributed by atoms with van der Waals surface area (Å²) < 4.78 is 13.8. The number of aryl methyl sites for hydroxylation is 1. The fourth-order valence-corrected chi connectivity index (χ4v) is 1.87. The van der Waals surface area contributed by atoms with Gasteiger partial charge in [0.05, 0.1) is 0 Å². The fraction of sp³-hybridized carbons (Fsp3) is 0.364. The minimum atomic E-state index is -1.24. The molecule has 0 fully saturated rings. The molecule has 2 rings (SSSR count). The van der Waals surface area contributed by atoms with Gasteiger partial charge in [-0.3, -0.25) is 4.79 Å². The standard InChI is InChI=1S/C11H11FO/c1-11(12)5-4-9-3-2-8(7-13)6-10(9)11/h2-3,6-7H,4-5H2,1H3. The second-order valence-electron chi connectivity index (χ2n) is 3.73. The lowest BCUT2D eigenvalue weighted by Gasteiger charge is -2.13. The van der Waals surface area contributed by atoms with Crippen molar-refractivity contribution in [1.82, 2.24) is 0 Å². The minimum absolute atomic E-state index is 0.532. The number of halogens is 1. The van der Waals surface area contributed by atoms with E-state index in [1.165, 1.54) is 0 Å². The zero-order valence-electron chi connectivity index (χ0n) is 7.51. The molecule has 1 aromatic rings. The predicted octanol–water partition coefficient (Wildman–Crippen LogP) is 2.63. The number of carbonyl (C=O) groups is 1. The quantitative estimate of drug-likeness (QED) is 0.604. The van der Waals surface area contributed by atoms with Crippen LogP contribution < -0.4 is 0 Å². The second-order valence-corrected chi connectivity index (χ2v) is 3.73. The van der Waals surface area contributed by atoms with Gasteiger partial charge in [0, 0.05) is 5.56 Å². The number of carbonyl (C=O) groups excluding carboxylic acids is 1. The van der Waals surface area contributed by atoms with Crippen LogP contribution in [0.25, 0.3) is 0 Å². The van der Waals surface area contributed by atoms with E-state index in [0.29, 0.717) is 17.5 Å². The number of alkyl halides is 1. The zero-order chi connectivity index (χ0) is 9.47. The lowest BCUT2D eigenvalue weighted by molar-refractivity contribution is 0.112. The van der Waals surface area contributed by atoms with Crippen molar-refractivity contribution in [2.24, 2.45) is 0 Å². The molecule has 13 heavy (non-hydrogen) atoms. The summed E-state index contributed by atoms with van der Waals surface area (Å²) >= 11 is 0. The Hall–Kier alpha value is -1.18. The van der Waals surface area contributed by atoms with Crippen LogP contribution in [0.1, 0.15) is 34.8 Å². The third-order valence-corrected chi connectivity index (χ3v) is 2.70. The Labute approximate surface area is 76.6 Å². The molecule has 1 aromatic carbocycles. The van der Waals surface area contributed by atoms with Gasteiger partial charge >= 0.3 is 0 Å². The molecular weight excluding hydrogens is 167 g/mol. The van der Waals surface area contributed by atoms with E-state index in [-0.39, 0.29) is 0 Å². The van der Waals surface area contributed by atoms with Crippen LogP contribution in [-0.4, -0.2) is 6.29 Å². The molecule has 0 aromatic heterocycles. The van der Waals surface area contributed by atoms with E-state index in [4.69, 9.17) is 0 Å². The summed E-state index contributed by atoms with van der Waals surface area (Å²) in [4.78, 5) is 10.5. The van der Waals surface area contributed by atoms with Crippen molar-refractivity contribution in [3.63, 3.8) is 0 Å². The second kappa shape index (κ2) is 2.66. The summed E-state index contributed by atoms with van der Waals surface area (Å²) in [5.41, 5.74) is 1.05. The summed E-state index contributed by atoms with van der Waals surface area (Å²) in [7, 11) is 0. The SMILES string of the molecule is CC1(F)CCc2ccc(C=O)cc21. The van der Waals surface area contributed by atoms with Gasteiger partial charge in [-0.15, -0.1) is 0 Å². The van der Waals surface area contributed by atoms with E-state index in [1.54, 1.807) is 19.1 Å². The maximum Gasteiger partial charge on any atom is 0.150 e. The van der Waals surface area contributed by atoms with Gasteiger partial charge in [0.25, 0.3) is 0 Å². The maximum absolute atomic E-state index is 13.8. The molecule has 0 spiro atoms. The topological polar surface area (TPSA) is 17.1 Å². The molecule has 1 aliphatic rings. The molecule has 68 valence electrons. The van der Waals surface area contributed by atoms with Crippen molar-refractivity contribution >= 4 is 6.29 Å². The molecule has 0 N–H and O–H groups in total. The Kier molecular flexibility index (Phi) is 1.72. The van der Waals surface area contributed by atoms with Crippen LogP contribution in [0.15, 0.2) is 18.2 Å². The van der Waals surface area contributed by atoms with E-state index in [9.17, 15) is 9.18 Å². The van der Waals surface area contributed by atoms with E-state index in [1.807, 2.05) is 6.07 Å². The fourth-order valence-electron chi connectivity index (χ4n) is 1.87. The summed E-state index contributed by atoms with van der Waals surface area (Å²) in [6.45, 7) is 1.58. The largest absolute Gasteiger partial charge is 0.298 e. The molecule has 0 radical (unpaired) electrons. The summed E-state index contributed by atoms with van der Waals surface area (Å²) in [5.74, 6) is 0. The molecule has 1 unspecified atom stereocenters. The van der Waals surface area contributed by atoms with E-state index >= 15 is 0 Å². The third kappa shape index (κ3) is 1.26. The zero-order valence-corrected chi connectivity index (χ0v) is 7.51. The molecule has 2 heteroatoms. The van der Waals surface area contributed by atoms with Crippen LogP contribution in [0.5, 0.6) is 0 Å². The first-order chi connectivity index (χ1) is 6.13. The van der Waals surface area contributed by atoms with Crippen LogP contribution >= 0.6 is 0 Å². The van der Waals surface area contributed by atoms with Crippen LogP contribution in [0, 0.1) is 0 Å². The first kappa shape index (κ1) is 8.42. The lowest BCUT2D eigenvalue weighted by Crippen LogP contribution is -2.09. The van der Waals surface area contributed by atoms with Crippen molar-refractivity contribution in [3.05, 3.63) is 34.9 Å². The van der Waals surface area contributed by atoms with Crippen LogP contribution in [0.3, 0.4) is 0 Å². The Balaban J connectivity index is 2.55. The Morgan fingerprint density at radius 1 is 1.54 bits per heavy atom. The molecule has 0 saturated carbocycles. The predicted molar refractivity (Wildman–Crippen MR) is 48.6 cm³/mol. The highest BCUT2D eigenvalue weighted by molar-refractivity contribution is 5.75. The first-order valence-corrected chi connectivity index (χ1v) is 4.41. The van der Waals surface area contributed by atoms with Crippen molar-refractivity contribution < 1.29 is 9.18 Å². The Morgan fingerprint density at radius 2 is 2.31 bits per heavy atom. The Morgan fingerprint density at radius 3 is 3.00 bits per heavy atom. The number of fused-ring (bicyclic) bond motifs is 1. The van der Waals surface area contributed by atoms with E-state index in [0.717, 1.165) is 18.3 Å². The number of aldehydes is 1. The molecular formula is C11H11FO. The number of hydrogen-bond donors (Lipinski definition) is 0. The molecule has 0 amide bonds. The molecule has 0 aliphatic heterocycles. The van der Waals surface area contributed by atoms with Gasteiger partial charge in [0.2, 0.25) is 0 Å². The summed E-state index contributed by atoms with van der Waals surface area (Å²) in [6.07, 6.45) is 2.07. The van der Waals surface area contributed by atoms with Crippen molar-refractivity contribution in [3.8, 4) is 0 Å². The summed E-state index contributed by atoms with van der Waals surface area (Å²) in [6, 6.07) is 5.26. The number of rotatable bonds is 1. The van der Waals surface area contributed by atoms with Crippen LogP contribution in [0.2, 0.25) is 0 Å². The maximum atomic E-state index is 13.8. The first-order valence-electron chi connectivity index (χ1n) is 4.41. The highest BCUT2D eigenvalue weighted by Crippen LogP contribution is 2.39. The van der Waals surface area contributed by atoms with Gasteiger partial charge in [-0.25, -0.2) is 4.39 Å². The van der Waals surface area contributed by atoms with Crippen LogP contribution in [-0.2, 0) is 12.1 Å². The van der Waals surface area contributed by atoms with Crippen molar-refractivity contribution in [2.45, 2.75) is 25.4 Å². The number of benzene rings is 1. The lowest BCUT2D eigenvalue weighted by atomic mass is 9.99. The minimum Gasteiger partial charge on any atom is -0.298 e. The van der Waals surface area contributed by atoms with Gasteiger partial charge in [-0.05, 0) is 37.0 Å². The third-order valence-electron chi connectivity index (χ3n) is 2.70. The van der Waals surface area contributed by atoms with Gasteiger partial charge in [0.1, 0.15) is 12.0 Å². The molecule has 0 bridgehead atoms. The highest BCUT2D eigenvalue weighted by Gasteiger charge is 2.33. The van der Waals surface area contributed by atoms with Crippen molar-refractivity contribution in [2.75, 3.05) is 0 Å². The van der Waals surface area contributed by atoms with E-state index < -0.39 is 5.67 Å². The van der Waals surface area contributed by atoms with Crippen molar-refractivity contribution in [1.29, 1.82) is 0 Å². The molecule has 1 nitrogen and oxygen atoms in total. The molecule has 1 aliphatic carbocycles. The normalized spacial score (nSPS) is 25.7. The van der Waals surface area contributed by atoms with Gasteiger partial charge < -0.3 is 0 Å². The van der Waals surface area contributed by atoms with Gasteiger partial charge in [-0.2, -0.15) is 0 Å². The molecule has 1 atom stereocenters. The van der Waals surface area contributed by atoms with Crippen LogP contribution in [0.4, 0.5) is 4.39 Å².